The lowest BCUT2D eigenvalue weighted by Gasteiger charge is -2.31. The van der Waals surface area contributed by atoms with Crippen molar-refractivity contribution in [3.05, 3.63) is 94.5 Å². The Bertz CT molecular complexity index is 1150. The van der Waals surface area contributed by atoms with Gasteiger partial charge in [0.2, 0.25) is 18.6 Å². The Morgan fingerprint density at radius 1 is 0.941 bits per heavy atom. The molecule has 0 saturated carbocycles. The molecule has 34 heavy (non-hydrogen) atoms. The van der Waals surface area contributed by atoms with Gasteiger partial charge < -0.3 is 19.7 Å². The molecule has 0 spiro atoms. The number of likely N-dealkylation sites (N-methyl/N-ethyl adjacent to an activating group) is 1. The number of hydrogen-bond acceptors (Lipinski definition) is 4. The summed E-state index contributed by atoms with van der Waals surface area (Å²) in [6.07, 6.45) is 1.19. The van der Waals surface area contributed by atoms with Gasteiger partial charge in [-0.25, -0.2) is 0 Å². The van der Waals surface area contributed by atoms with Crippen molar-refractivity contribution in [3.8, 4) is 11.5 Å². The van der Waals surface area contributed by atoms with Crippen LogP contribution >= 0.6 is 11.6 Å². The molecule has 1 aliphatic heterocycles. The van der Waals surface area contributed by atoms with E-state index in [0.29, 0.717) is 29.4 Å². The highest BCUT2D eigenvalue weighted by molar-refractivity contribution is 6.30. The first-order valence-corrected chi connectivity index (χ1v) is 11.6. The first-order valence-electron chi connectivity index (χ1n) is 11.2. The Balaban J connectivity index is 1.57. The lowest BCUT2D eigenvalue weighted by Crippen LogP contribution is -2.49. The lowest BCUT2D eigenvalue weighted by atomic mass is 10.0. The maximum Gasteiger partial charge on any atom is 0.242 e. The minimum atomic E-state index is -0.657. The van der Waals surface area contributed by atoms with Crippen LogP contribution in [-0.2, 0) is 29.0 Å². The molecule has 0 fully saturated rings. The van der Waals surface area contributed by atoms with Crippen molar-refractivity contribution in [1.82, 2.24) is 10.2 Å². The van der Waals surface area contributed by atoms with Gasteiger partial charge in [0.05, 0.1) is 0 Å². The van der Waals surface area contributed by atoms with Gasteiger partial charge in [0.1, 0.15) is 6.04 Å². The zero-order valence-corrected chi connectivity index (χ0v) is 19.8. The first kappa shape index (κ1) is 23.6. The second-order valence-electron chi connectivity index (χ2n) is 8.16. The molecule has 3 aromatic carbocycles. The Kier molecular flexibility index (Phi) is 7.70. The summed E-state index contributed by atoms with van der Waals surface area (Å²) >= 11 is 6.19. The number of halogens is 1. The van der Waals surface area contributed by atoms with Gasteiger partial charge in [0, 0.05) is 31.5 Å². The van der Waals surface area contributed by atoms with E-state index in [9.17, 15) is 9.59 Å². The number of fused-ring (bicyclic) bond motifs is 1. The zero-order valence-electron chi connectivity index (χ0n) is 19.0. The van der Waals surface area contributed by atoms with E-state index in [-0.39, 0.29) is 31.6 Å². The molecule has 2 amide bonds. The molecule has 0 aromatic heterocycles. The average Bonchev–Trinajstić information content (AvgIpc) is 3.33. The number of amides is 2. The van der Waals surface area contributed by atoms with Gasteiger partial charge in [-0.05, 0) is 47.4 Å². The topological polar surface area (TPSA) is 67.9 Å². The Morgan fingerprint density at radius 2 is 1.71 bits per heavy atom. The van der Waals surface area contributed by atoms with Crippen LogP contribution in [0.1, 0.15) is 23.1 Å². The van der Waals surface area contributed by atoms with E-state index in [1.165, 1.54) is 0 Å². The van der Waals surface area contributed by atoms with E-state index in [1.807, 2.05) is 66.7 Å². The molecule has 1 heterocycles. The van der Waals surface area contributed by atoms with Crippen LogP contribution in [0.15, 0.2) is 72.8 Å². The third-order valence-corrected chi connectivity index (χ3v) is 6.06. The number of rotatable bonds is 9. The highest BCUT2D eigenvalue weighted by Gasteiger charge is 2.29. The lowest BCUT2D eigenvalue weighted by molar-refractivity contribution is -0.141. The molecular formula is C27H27ClN2O4. The molecule has 7 heteroatoms. The van der Waals surface area contributed by atoms with Gasteiger partial charge in [0.25, 0.3) is 0 Å². The normalized spacial score (nSPS) is 12.8. The summed E-state index contributed by atoms with van der Waals surface area (Å²) in [5.74, 6) is 1.08. The third kappa shape index (κ3) is 5.88. The van der Waals surface area contributed by atoms with Crippen molar-refractivity contribution < 1.29 is 19.1 Å². The maximum atomic E-state index is 13.5. The second kappa shape index (κ2) is 11.1. The van der Waals surface area contributed by atoms with E-state index >= 15 is 0 Å². The molecule has 0 saturated heterocycles. The molecule has 176 valence electrons. The van der Waals surface area contributed by atoms with Crippen molar-refractivity contribution in [1.29, 1.82) is 0 Å². The fraction of sp³-hybridized carbons (Fsp3) is 0.259. The van der Waals surface area contributed by atoms with Gasteiger partial charge in [-0.2, -0.15) is 0 Å². The highest BCUT2D eigenvalue weighted by atomic mass is 35.5. The average molecular weight is 479 g/mol. The smallest absolute Gasteiger partial charge is 0.242 e. The van der Waals surface area contributed by atoms with E-state index < -0.39 is 6.04 Å². The Morgan fingerprint density at radius 3 is 2.47 bits per heavy atom. The number of aryl methyl sites for hydroxylation is 1. The summed E-state index contributed by atoms with van der Waals surface area (Å²) < 4.78 is 10.8. The summed E-state index contributed by atoms with van der Waals surface area (Å²) in [7, 11) is 1.59. The van der Waals surface area contributed by atoms with Crippen LogP contribution in [-0.4, -0.2) is 36.6 Å². The highest BCUT2D eigenvalue weighted by Crippen LogP contribution is 2.33. The Labute approximate surface area is 204 Å². The van der Waals surface area contributed by atoms with Crippen molar-refractivity contribution >= 4 is 23.4 Å². The molecule has 1 N–H and O–H groups in total. The van der Waals surface area contributed by atoms with E-state index in [1.54, 1.807) is 18.0 Å². The van der Waals surface area contributed by atoms with Gasteiger partial charge in [0.15, 0.2) is 11.5 Å². The van der Waals surface area contributed by atoms with E-state index in [2.05, 4.69) is 5.32 Å². The van der Waals surface area contributed by atoms with Crippen molar-refractivity contribution in [2.75, 3.05) is 13.8 Å². The molecular weight excluding hydrogens is 452 g/mol. The molecule has 1 unspecified atom stereocenters. The minimum Gasteiger partial charge on any atom is -0.454 e. The number of ether oxygens (including phenoxy) is 2. The van der Waals surface area contributed by atoms with Crippen LogP contribution in [0.4, 0.5) is 0 Å². The predicted molar refractivity (Wildman–Crippen MR) is 131 cm³/mol. The SMILES string of the molecule is CNC(=O)C(Cc1ccccc1)N(Cc1cccc(Cl)c1)C(=O)CCc1ccc2c(c1)OCO2. The third-order valence-electron chi connectivity index (χ3n) is 5.82. The summed E-state index contributed by atoms with van der Waals surface area (Å²) in [5, 5.41) is 3.32. The first-order chi connectivity index (χ1) is 16.5. The van der Waals surface area contributed by atoms with Crippen LogP contribution in [0.3, 0.4) is 0 Å². The van der Waals surface area contributed by atoms with Crippen LogP contribution < -0.4 is 14.8 Å². The van der Waals surface area contributed by atoms with Crippen LogP contribution in [0.5, 0.6) is 11.5 Å². The molecule has 1 aliphatic rings. The van der Waals surface area contributed by atoms with Gasteiger partial charge >= 0.3 is 0 Å². The number of hydrogen-bond donors (Lipinski definition) is 1. The van der Waals surface area contributed by atoms with Gasteiger partial charge in [-0.15, -0.1) is 0 Å². The standard InChI is InChI=1S/C27H27ClN2O4/c1-29-27(32)23(15-19-6-3-2-4-7-19)30(17-21-8-5-9-22(28)14-21)26(31)13-11-20-10-12-24-25(16-20)34-18-33-24/h2-10,12,14,16,23H,11,13,15,17-18H2,1H3,(H,29,32). The fourth-order valence-electron chi connectivity index (χ4n) is 4.04. The van der Waals surface area contributed by atoms with Gasteiger partial charge in [-0.3, -0.25) is 9.59 Å². The Hall–Kier alpha value is -3.51. The summed E-state index contributed by atoms with van der Waals surface area (Å²) in [4.78, 5) is 28.2. The zero-order chi connectivity index (χ0) is 23.9. The number of nitrogens with zero attached hydrogens (tertiary/aromatic N) is 1. The molecule has 4 rings (SSSR count). The number of nitrogens with one attached hydrogen (secondary N) is 1. The summed E-state index contributed by atoms with van der Waals surface area (Å²) in [6, 6.07) is 22.1. The minimum absolute atomic E-state index is 0.109. The molecule has 0 bridgehead atoms. The van der Waals surface area contributed by atoms with Crippen molar-refractivity contribution in [2.45, 2.75) is 31.8 Å². The quantitative estimate of drug-likeness (QED) is 0.495. The largest absolute Gasteiger partial charge is 0.454 e. The van der Waals surface area contributed by atoms with Crippen molar-refractivity contribution in [2.24, 2.45) is 0 Å². The van der Waals surface area contributed by atoms with Crippen LogP contribution in [0.2, 0.25) is 5.02 Å². The monoisotopic (exact) mass is 478 g/mol. The molecule has 6 nitrogen and oxygen atoms in total. The molecule has 3 aromatic rings. The summed E-state index contributed by atoms with van der Waals surface area (Å²) in [6.45, 7) is 0.490. The number of carbonyl (C=O) groups excluding carboxylic acids is 2. The number of benzene rings is 3. The maximum absolute atomic E-state index is 13.5. The fourth-order valence-corrected chi connectivity index (χ4v) is 4.26. The number of carbonyl (C=O) groups is 2. The molecule has 0 aliphatic carbocycles. The van der Waals surface area contributed by atoms with Crippen LogP contribution in [0.25, 0.3) is 0 Å². The van der Waals surface area contributed by atoms with Gasteiger partial charge in [-0.1, -0.05) is 60.1 Å². The molecule has 0 radical (unpaired) electrons. The predicted octanol–water partition coefficient (Wildman–Crippen LogP) is 4.39. The van der Waals surface area contributed by atoms with E-state index in [0.717, 1.165) is 16.7 Å². The second-order valence-corrected chi connectivity index (χ2v) is 8.60. The van der Waals surface area contributed by atoms with E-state index in [4.69, 9.17) is 21.1 Å². The molecule has 1 atom stereocenters. The summed E-state index contributed by atoms with van der Waals surface area (Å²) in [5.41, 5.74) is 2.82. The van der Waals surface area contributed by atoms with Crippen LogP contribution in [0, 0.1) is 0 Å². The van der Waals surface area contributed by atoms with Crippen molar-refractivity contribution in [3.63, 3.8) is 0 Å².